The van der Waals surface area contributed by atoms with Crippen molar-refractivity contribution in [2.75, 3.05) is 31.2 Å². The fourth-order valence-corrected chi connectivity index (χ4v) is 5.33. The smallest absolute Gasteiger partial charge is 0.307 e. The Kier molecular flexibility index (Phi) is 4.83. The quantitative estimate of drug-likeness (QED) is 0.743. The van der Waals surface area contributed by atoms with Gasteiger partial charge in [-0.25, -0.2) is 0 Å². The van der Waals surface area contributed by atoms with Crippen molar-refractivity contribution in [1.29, 1.82) is 0 Å². The summed E-state index contributed by atoms with van der Waals surface area (Å²) in [5, 5.41) is 0. The Bertz CT molecular complexity index is 326. The summed E-state index contributed by atoms with van der Waals surface area (Å²) >= 11 is 2.00. The molecule has 0 aromatic rings. The number of carbonyl (C=O) groups is 1. The summed E-state index contributed by atoms with van der Waals surface area (Å²) in [5.41, 5.74) is 0.189. The third-order valence-electron chi connectivity index (χ3n) is 4.93. The largest absolute Gasteiger partial charge is 0.466 e. The number of hydrogen-bond acceptors (Lipinski definition) is 4. The Morgan fingerprint density at radius 3 is 2.58 bits per heavy atom. The molecule has 2 fully saturated rings. The number of rotatable bonds is 4. The van der Waals surface area contributed by atoms with Crippen LogP contribution in [-0.2, 0) is 9.53 Å². The van der Waals surface area contributed by atoms with Crippen molar-refractivity contribution in [1.82, 2.24) is 4.90 Å². The molecular weight excluding hydrogens is 258 g/mol. The normalized spacial score (nSPS) is 31.3. The number of thioether (sulfide) groups is 1. The molecule has 0 aromatic heterocycles. The Hall–Kier alpha value is -0.220. The van der Waals surface area contributed by atoms with E-state index in [1.807, 2.05) is 18.7 Å². The van der Waals surface area contributed by atoms with Crippen LogP contribution in [0.15, 0.2) is 0 Å². The fraction of sp³-hybridized carbons (Fsp3) is 0.933. The summed E-state index contributed by atoms with van der Waals surface area (Å²) in [5.74, 6) is 2.26. The molecule has 0 radical (unpaired) electrons. The van der Waals surface area contributed by atoms with Gasteiger partial charge in [-0.05, 0) is 50.4 Å². The van der Waals surface area contributed by atoms with Crippen LogP contribution < -0.4 is 0 Å². The lowest BCUT2D eigenvalue weighted by atomic mass is 9.68. The molecular formula is C15H27NO2S. The highest BCUT2D eigenvalue weighted by molar-refractivity contribution is 7.99. The Morgan fingerprint density at radius 1 is 1.32 bits per heavy atom. The highest BCUT2D eigenvalue weighted by atomic mass is 32.2. The standard InChI is InChI=1S/C15H27NO2S/c1-4-18-13(17)11-15(16-8-5-6-9-16)12-19-10-7-14(15,2)3/h4-12H2,1-3H3. The maximum atomic E-state index is 12.1. The highest BCUT2D eigenvalue weighted by Gasteiger charge is 2.52. The molecule has 0 spiro atoms. The third-order valence-corrected chi connectivity index (χ3v) is 6.10. The molecule has 0 aromatic carbocycles. The van der Waals surface area contributed by atoms with Crippen LogP contribution in [0.2, 0.25) is 0 Å². The van der Waals surface area contributed by atoms with Crippen molar-refractivity contribution in [2.45, 2.75) is 52.0 Å². The minimum atomic E-state index is -0.0232. The molecule has 3 nitrogen and oxygen atoms in total. The van der Waals surface area contributed by atoms with E-state index in [-0.39, 0.29) is 16.9 Å². The fourth-order valence-electron chi connectivity index (χ4n) is 3.51. The average Bonchev–Trinajstić information content (AvgIpc) is 2.86. The number of ether oxygens (including phenoxy) is 1. The average molecular weight is 285 g/mol. The van der Waals surface area contributed by atoms with E-state index in [4.69, 9.17) is 4.74 Å². The van der Waals surface area contributed by atoms with E-state index < -0.39 is 0 Å². The number of esters is 1. The van der Waals surface area contributed by atoms with Crippen molar-refractivity contribution in [3.63, 3.8) is 0 Å². The first-order chi connectivity index (χ1) is 9.02. The molecule has 19 heavy (non-hydrogen) atoms. The minimum absolute atomic E-state index is 0.00132. The van der Waals surface area contributed by atoms with E-state index in [0.29, 0.717) is 13.0 Å². The van der Waals surface area contributed by atoms with Gasteiger partial charge in [0.05, 0.1) is 13.0 Å². The number of hydrogen-bond donors (Lipinski definition) is 0. The summed E-state index contributed by atoms with van der Waals surface area (Å²) < 4.78 is 5.25. The molecule has 4 heteroatoms. The summed E-state index contributed by atoms with van der Waals surface area (Å²) in [6.45, 7) is 9.34. The van der Waals surface area contributed by atoms with Crippen LogP contribution in [0.4, 0.5) is 0 Å². The van der Waals surface area contributed by atoms with Gasteiger partial charge in [-0.1, -0.05) is 13.8 Å². The van der Waals surface area contributed by atoms with Crippen molar-refractivity contribution < 1.29 is 9.53 Å². The van der Waals surface area contributed by atoms with E-state index in [0.717, 1.165) is 18.8 Å². The van der Waals surface area contributed by atoms with Gasteiger partial charge in [-0.3, -0.25) is 9.69 Å². The van der Waals surface area contributed by atoms with Gasteiger partial charge in [0.15, 0.2) is 0 Å². The number of nitrogens with zero attached hydrogens (tertiary/aromatic N) is 1. The van der Waals surface area contributed by atoms with E-state index in [2.05, 4.69) is 18.7 Å². The van der Waals surface area contributed by atoms with Crippen LogP contribution in [0.1, 0.15) is 46.5 Å². The van der Waals surface area contributed by atoms with Crippen LogP contribution in [0, 0.1) is 5.41 Å². The first-order valence-corrected chi connectivity index (χ1v) is 8.66. The van der Waals surface area contributed by atoms with Gasteiger partial charge < -0.3 is 4.74 Å². The Balaban J connectivity index is 2.23. The Morgan fingerprint density at radius 2 is 2.00 bits per heavy atom. The SMILES string of the molecule is CCOC(=O)CC1(N2CCCC2)CSCCC1(C)C. The van der Waals surface area contributed by atoms with Gasteiger partial charge >= 0.3 is 5.97 Å². The van der Waals surface area contributed by atoms with E-state index >= 15 is 0 Å². The van der Waals surface area contributed by atoms with Crippen LogP contribution in [0.5, 0.6) is 0 Å². The maximum absolute atomic E-state index is 12.1. The van der Waals surface area contributed by atoms with E-state index in [9.17, 15) is 4.79 Å². The van der Waals surface area contributed by atoms with Crippen LogP contribution in [0.3, 0.4) is 0 Å². The second kappa shape index (κ2) is 6.04. The maximum Gasteiger partial charge on any atom is 0.307 e. The van der Waals surface area contributed by atoms with Crippen molar-refractivity contribution in [3.05, 3.63) is 0 Å². The summed E-state index contributed by atoms with van der Waals surface area (Å²) in [7, 11) is 0. The molecule has 1 atom stereocenters. The molecule has 2 aliphatic rings. The molecule has 110 valence electrons. The molecule has 0 N–H and O–H groups in total. The lowest BCUT2D eigenvalue weighted by molar-refractivity contribution is -0.149. The van der Waals surface area contributed by atoms with Crippen LogP contribution >= 0.6 is 11.8 Å². The minimum Gasteiger partial charge on any atom is -0.466 e. The van der Waals surface area contributed by atoms with E-state index in [1.165, 1.54) is 25.0 Å². The van der Waals surface area contributed by atoms with Crippen molar-refractivity contribution >= 4 is 17.7 Å². The van der Waals surface area contributed by atoms with Crippen LogP contribution in [-0.4, -0.2) is 47.6 Å². The monoisotopic (exact) mass is 285 g/mol. The molecule has 1 unspecified atom stereocenters. The third kappa shape index (κ3) is 2.94. The lowest BCUT2D eigenvalue weighted by Gasteiger charge is -2.54. The van der Waals surface area contributed by atoms with Gasteiger partial charge in [0.25, 0.3) is 0 Å². The van der Waals surface area contributed by atoms with Crippen molar-refractivity contribution in [2.24, 2.45) is 5.41 Å². The molecule has 2 aliphatic heterocycles. The number of carbonyl (C=O) groups excluding carboxylic acids is 1. The van der Waals surface area contributed by atoms with Crippen LogP contribution in [0.25, 0.3) is 0 Å². The molecule has 2 saturated heterocycles. The predicted octanol–water partition coefficient (Wildman–Crippen LogP) is 2.94. The van der Waals surface area contributed by atoms with E-state index in [1.54, 1.807) is 0 Å². The second-order valence-electron chi connectivity index (χ2n) is 6.39. The summed E-state index contributed by atoms with van der Waals surface area (Å²) in [6.07, 6.45) is 4.28. The zero-order valence-corrected chi connectivity index (χ0v) is 13.4. The molecule has 0 saturated carbocycles. The van der Waals surface area contributed by atoms with Gasteiger partial charge in [0, 0.05) is 11.3 Å². The number of likely N-dealkylation sites (tertiary alicyclic amines) is 1. The summed E-state index contributed by atoms with van der Waals surface area (Å²) in [4.78, 5) is 14.7. The lowest BCUT2D eigenvalue weighted by Crippen LogP contribution is -2.62. The zero-order chi connectivity index (χ0) is 13.9. The van der Waals surface area contributed by atoms with Gasteiger partial charge in [0.1, 0.15) is 0 Å². The molecule has 2 rings (SSSR count). The van der Waals surface area contributed by atoms with Gasteiger partial charge in [-0.2, -0.15) is 11.8 Å². The topological polar surface area (TPSA) is 29.5 Å². The summed E-state index contributed by atoms with van der Waals surface area (Å²) in [6, 6.07) is 0. The van der Waals surface area contributed by atoms with Gasteiger partial charge in [0.2, 0.25) is 0 Å². The zero-order valence-electron chi connectivity index (χ0n) is 12.5. The molecule has 0 bridgehead atoms. The molecule has 0 aliphatic carbocycles. The molecule has 2 heterocycles. The highest BCUT2D eigenvalue weighted by Crippen LogP contribution is 2.49. The van der Waals surface area contributed by atoms with Gasteiger partial charge in [-0.15, -0.1) is 0 Å². The van der Waals surface area contributed by atoms with Crippen molar-refractivity contribution in [3.8, 4) is 0 Å². The first-order valence-electron chi connectivity index (χ1n) is 7.50. The first kappa shape index (κ1) is 15.2. The molecule has 0 amide bonds. The Labute approximate surface area is 121 Å². The second-order valence-corrected chi connectivity index (χ2v) is 7.50. The predicted molar refractivity (Wildman–Crippen MR) is 80.5 cm³/mol.